The number of carbonyl (C=O) groups excluding carboxylic acids is 2. The first kappa shape index (κ1) is 37.4. The molecule has 0 N–H and O–H groups in total. The molecule has 4 atom stereocenters. The molecule has 4 nitrogen and oxygen atoms in total. The number of likely N-dealkylation sites (N-methyl/N-ethyl adjacent to an activating group) is 2. The Labute approximate surface area is 293 Å². The Kier molecular flexibility index (Phi) is 9.53. The zero-order valence-electron chi connectivity index (χ0n) is 28.5. The summed E-state index contributed by atoms with van der Waals surface area (Å²) < 4.78 is 140. The maximum atomic E-state index is 15.7. The van der Waals surface area contributed by atoms with Crippen molar-refractivity contribution >= 4 is 11.6 Å². The van der Waals surface area contributed by atoms with Crippen LogP contribution in [0.2, 0.25) is 0 Å². The van der Waals surface area contributed by atoms with E-state index in [1.54, 1.807) is 48.4 Å². The van der Waals surface area contributed by atoms with Crippen LogP contribution in [0.25, 0.3) is 0 Å². The number of ketones is 2. The van der Waals surface area contributed by atoms with Gasteiger partial charge in [-0.1, -0.05) is 13.8 Å². The molecule has 0 amide bonds. The Morgan fingerprint density at radius 2 is 0.981 bits per heavy atom. The lowest BCUT2D eigenvalue weighted by molar-refractivity contribution is -0.166. The molecule has 6 aliphatic rings. The van der Waals surface area contributed by atoms with Crippen LogP contribution in [0.5, 0.6) is 0 Å². The van der Waals surface area contributed by atoms with E-state index in [2.05, 4.69) is 0 Å². The minimum atomic E-state index is -5.48. The second kappa shape index (κ2) is 13.2. The zero-order valence-corrected chi connectivity index (χ0v) is 28.5. The Morgan fingerprint density at radius 1 is 0.635 bits per heavy atom. The van der Waals surface area contributed by atoms with Gasteiger partial charge in [0.05, 0.1) is 11.1 Å². The van der Waals surface area contributed by atoms with Gasteiger partial charge in [-0.25, -0.2) is 17.6 Å². The number of halogens is 10. The fourth-order valence-corrected chi connectivity index (χ4v) is 8.27. The summed E-state index contributed by atoms with van der Waals surface area (Å²) in [5.74, 6) is -13.6. The third kappa shape index (κ3) is 6.35. The topological polar surface area (TPSA) is 40.6 Å². The highest BCUT2D eigenvalue weighted by Crippen LogP contribution is 2.52. The van der Waals surface area contributed by atoms with E-state index < -0.39 is 70.2 Å². The van der Waals surface area contributed by atoms with E-state index in [0.717, 1.165) is 60.1 Å². The van der Waals surface area contributed by atoms with Gasteiger partial charge in [-0.3, -0.25) is 9.59 Å². The maximum absolute atomic E-state index is 15.7. The van der Waals surface area contributed by atoms with Gasteiger partial charge in [0.25, 0.3) is 11.6 Å². The van der Waals surface area contributed by atoms with Gasteiger partial charge in [-0.05, 0) is 97.0 Å². The maximum Gasteiger partial charge on any atom is 0.455 e. The number of fused-ring (bicyclic) bond motifs is 2. The van der Waals surface area contributed by atoms with E-state index in [1.807, 2.05) is 0 Å². The lowest BCUT2D eigenvalue weighted by Gasteiger charge is -2.43. The molecule has 52 heavy (non-hydrogen) atoms. The molecule has 0 bridgehead atoms. The van der Waals surface area contributed by atoms with E-state index in [-0.39, 0.29) is 34.4 Å². The standard InChI is InChI=1S/C38H34F10N2O2/c1-17-11-25(39)31(35(51)37(43,44)45)33(41)29(17)27-13-19-7-5-9-21(23(19)15-49(27)3)22-10-6-8-20-14-28(50(4)16-24(20)22)30-18(2)12-26(40)32(34(30)42)36(52)38(46,47)48/h11-18,21-22H,5-10H2,1-4H3. The van der Waals surface area contributed by atoms with Crippen molar-refractivity contribution in [3.8, 4) is 0 Å². The van der Waals surface area contributed by atoms with Crippen LogP contribution in [-0.4, -0.2) is 47.8 Å². The quantitative estimate of drug-likeness (QED) is 0.270. The molecule has 4 aliphatic carbocycles. The number of carbonyl (C=O) groups is 2. The molecule has 14 heteroatoms. The number of hydrogen-bond donors (Lipinski definition) is 0. The van der Waals surface area contributed by atoms with Crippen LogP contribution >= 0.6 is 0 Å². The third-order valence-corrected chi connectivity index (χ3v) is 10.6. The van der Waals surface area contributed by atoms with Gasteiger partial charge in [0.15, 0.2) is 0 Å². The van der Waals surface area contributed by atoms with E-state index >= 15 is 8.78 Å². The summed E-state index contributed by atoms with van der Waals surface area (Å²) in [5, 5.41) is 0. The van der Waals surface area contributed by atoms with E-state index in [9.17, 15) is 44.7 Å². The second-order valence-electron chi connectivity index (χ2n) is 14.0. The highest BCUT2D eigenvalue weighted by Gasteiger charge is 2.48. The van der Waals surface area contributed by atoms with Crippen molar-refractivity contribution in [1.82, 2.24) is 9.80 Å². The average Bonchev–Trinajstić information content (AvgIpc) is 3.03. The lowest BCUT2D eigenvalue weighted by atomic mass is 9.65. The highest BCUT2D eigenvalue weighted by atomic mass is 19.4. The predicted octanol–water partition coefficient (Wildman–Crippen LogP) is 10.3. The van der Waals surface area contributed by atoms with Crippen LogP contribution in [0.1, 0.15) is 52.4 Å². The molecule has 0 saturated heterocycles. The van der Waals surface area contributed by atoms with Crippen molar-refractivity contribution in [2.75, 3.05) is 14.1 Å². The van der Waals surface area contributed by atoms with E-state index in [4.69, 9.17) is 0 Å². The van der Waals surface area contributed by atoms with Gasteiger partial charge < -0.3 is 9.80 Å². The fraction of sp³-hybridized carbons (Fsp3) is 0.421. The molecule has 278 valence electrons. The van der Waals surface area contributed by atoms with Gasteiger partial charge in [0, 0.05) is 60.9 Å². The predicted molar refractivity (Wildman–Crippen MR) is 172 cm³/mol. The molecule has 6 rings (SSSR count). The van der Waals surface area contributed by atoms with Crippen molar-refractivity contribution in [2.45, 2.75) is 64.7 Å². The third-order valence-electron chi connectivity index (χ3n) is 10.6. The van der Waals surface area contributed by atoms with Gasteiger partial charge in [0.1, 0.15) is 23.3 Å². The number of alkyl halides is 6. The molecular formula is C38H34F10N2O2. The van der Waals surface area contributed by atoms with Crippen LogP contribution in [0.15, 0.2) is 116 Å². The summed E-state index contributed by atoms with van der Waals surface area (Å²) in [6.45, 7) is 2.85. The van der Waals surface area contributed by atoms with Crippen molar-refractivity contribution in [2.24, 2.45) is 23.7 Å². The molecule has 2 saturated carbocycles. The van der Waals surface area contributed by atoms with Crippen LogP contribution in [0.3, 0.4) is 0 Å². The molecule has 0 radical (unpaired) electrons. The number of allylic oxidation sites excluding steroid dienone is 16. The van der Waals surface area contributed by atoms with Gasteiger partial charge in [-0.2, -0.15) is 26.3 Å². The minimum Gasteiger partial charge on any atom is -0.350 e. The molecule has 0 aromatic heterocycles. The Hall–Kier alpha value is -4.36. The number of rotatable bonds is 3. The molecule has 0 spiro atoms. The van der Waals surface area contributed by atoms with Crippen LogP contribution in [0, 0.1) is 23.7 Å². The first-order chi connectivity index (χ1) is 24.2. The fourth-order valence-electron chi connectivity index (χ4n) is 8.27. The molecular weight excluding hydrogens is 706 g/mol. The average molecular weight is 741 g/mol. The number of hydrogen-bond acceptors (Lipinski definition) is 4. The summed E-state index contributed by atoms with van der Waals surface area (Å²) in [6, 6.07) is 0. The van der Waals surface area contributed by atoms with Crippen LogP contribution in [0.4, 0.5) is 43.9 Å². The minimum absolute atomic E-state index is 0.0753. The molecule has 0 aromatic carbocycles. The largest absolute Gasteiger partial charge is 0.455 e. The Morgan fingerprint density at radius 3 is 1.31 bits per heavy atom. The van der Waals surface area contributed by atoms with E-state index in [1.165, 1.54) is 13.8 Å². The highest BCUT2D eigenvalue weighted by molar-refractivity contribution is 6.05. The normalized spacial score (nSPS) is 30.2. The zero-order chi connectivity index (χ0) is 38.2. The Bertz CT molecular complexity index is 1820. The monoisotopic (exact) mass is 740 g/mol. The summed E-state index contributed by atoms with van der Waals surface area (Å²) in [5.41, 5.74) is 0.0884. The summed E-state index contributed by atoms with van der Waals surface area (Å²) in [4.78, 5) is 27.1. The van der Waals surface area contributed by atoms with Crippen molar-refractivity contribution < 1.29 is 53.5 Å². The molecule has 2 heterocycles. The van der Waals surface area contributed by atoms with Crippen molar-refractivity contribution in [1.29, 1.82) is 0 Å². The van der Waals surface area contributed by atoms with Crippen molar-refractivity contribution in [3.63, 3.8) is 0 Å². The molecule has 2 aliphatic heterocycles. The summed E-state index contributed by atoms with van der Waals surface area (Å²) in [6.07, 6.45) is 1.62. The molecule has 0 aromatic rings. The summed E-state index contributed by atoms with van der Waals surface area (Å²) in [7, 11) is 3.18. The first-order valence-electron chi connectivity index (χ1n) is 16.8. The van der Waals surface area contributed by atoms with Crippen LogP contribution in [-0.2, 0) is 9.59 Å². The SMILES string of the molecule is CC1C=C(F)C(C(=O)C(F)(F)F)=C(F)C1=C1C=C2CCCC(C3CCCC4=CC(=C5C(F)=C(C(=O)C(F)(F)F)C(F)=CC5C)N(C)C=C43)C2=CN1C. The van der Waals surface area contributed by atoms with Gasteiger partial charge >= 0.3 is 12.4 Å². The van der Waals surface area contributed by atoms with Gasteiger partial charge in [0.2, 0.25) is 0 Å². The number of Topliss-reactive ketones (excluding diaryl/α,β-unsaturated/α-hetero) is 2. The first-order valence-corrected chi connectivity index (χ1v) is 16.8. The van der Waals surface area contributed by atoms with Crippen molar-refractivity contribution in [3.05, 3.63) is 116 Å². The molecule has 4 unspecified atom stereocenters. The molecule has 2 fully saturated rings. The van der Waals surface area contributed by atoms with Gasteiger partial charge in [-0.15, -0.1) is 0 Å². The lowest BCUT2D eigenvalue weighted by Crippen LogP contribution is -2.33. The number of nitrogens with zero attached hydrogens (tertiary/aromatic N) is 2. The summed E-state index contributed by atoms with van der Waals surface area (Å²) >= 11 is 0. The Balaban J connectivity index is 1.36. The van der Waals surface area contributed by atoms with Crippen LogP contribution < -0.4 is 0 Å². The second-order valence-corrected chi connectivity index (χ2v) is 14.0. The smallest absolute Gasteiger partial charge is 0.350 e. The van der Waals surface area contributed by atoms with E-state index in [0.29, 0.717) is 12.8 Å².